The fraction of sp³-hybridized carbons (Fsp3) is 0.409. The highest BCUT2D eigenvalue weighted by atomic mass is 16.2. The van der Waals surface area contributed by atoms with Crippen LogP contribution in [0.4, 0.5) is 0 Å². The largest absolute Gasteiger partial charge is 0.336 e. The quantitative estimate of drug-likeness (QED) is 0.840. The lowest BCUT2D eigenvalue weighted by Crippen LogP contribution is -2.50. The molecule has 0 spiro atoms. The van der Waals surface area contributed by atoms with Crippen LogP contribution in [-0.4, -0.2) is 48.4 Å². The first-order valence-electron chi connectivity index (χ1n) is 9.09. The zero-order valence-electron chi connectivity index (χ0n) is 15.5. The molecule has 132 valence electrons. The van der Waals surface area contributed by atoms with E-state index in [2.05, 4.69) is 37.8 Å². The summed E-state index contributed by atoms with van der Waals surface area (Å²) in [5.41, 5.74) is 3.41. The number of carbonyl (C=O) groups excluding carboxylic acids is 1. The Morgan fingerprint density at radius 3 is 1.96 bits per heavy atom. The SMILES string of the molecule is CC(C)(C)CN1CCN(C(=O)c2ccc(-c3ccccc3)cc2)CC1. The summed E-state index contributed by atoms with van der Waals surface area (Å²) >= 11 is 0. The monoisotopic (exact) mass is 336 g/mol. The van der Waals surface area contributed by atoms with Gasteiger partial charge in [-0.1, -0.05) is 63.2 Å². The molecule has 1 heterocycles. The lowest BCUT2D eigenvalue weighted by molar-refractivity contribution is 0.0592. The normalized spacial score (nSPS) is 16.0. The van der Waals surface area contributed by atoms with Gasteiger partial charge in [-0.25, -0.2) is 0 Å². The average molecular weight is 336 g/mol. The molecule has 2 aromatic rings. The fourth-order valence-electron chi connectivity index (χ4n) is 3.40. The van der Waals surface area contributed by atoms with Crippen LogP contribution in [0.1, 0.15) is 31.1 Å². The van der Waals surface area contributed by atoms with Gasteiger partial charge in [-0.2, -0.15) is 0 Å². The average Bonchev–Trinajstić information content (AvgIpc) is 2.61. The number of rotatable bonds is 3. The van der Waals surface area contributed by atoms with Crippen LogP contribution >= 0.6 is 0 Å². The summed E-state index contributed by atoms with van der Waals surface area (Å²) in [5.74, 6) is 0.148. The van der Waals surface area contributed by atoms with Gasteiger partial charge in [0.1, 0.15) is 0 Å². The first kappa shape index (κ1) is 17.7. The summed E-state index contributed by atoms with van der Waals surface area (Å²) in [6.45, 7) is 11.4. The van der Waals surface area contributed by atoms with E-state index in [1.165, 1.54) is 5.56 Å². The predicted octanol–water partition coefficient (Wildman–Crippen LogP) is 4.16. The van der Waals surface area contributed by atoms with Gasteiger partial charge in [0.15, 0.2) is 0 Å². The fourth-order valence-corrected chi connectivity index (χ4v) is 3.40. The zero-order valence-corrected chi connectivity index (χ0v) is 15.5. The molecule has 0 bridgehead atoms. The van der Waals surface area contributed by atoms with Gasteiger partial charge in [-0.15, -0.1) is 0 Å². The van der Waals surface area contributed by atoms with Crippen molar-refractivity contribution in [2.75, 3.05) is 32.7 Å². The van der Waals surface area contributed by atoms with E-state index < -0.39 is 0 Å². The van der Waals surface area contributed by atoms with Crippen LogP contribution in [0.3, 0.4) is 0 Å². The van der Waals surface area contributed by atoms with Crippen LogP contribution < -0.4 is 0 Å². The van der Waals surface area contributed by atoms with Crippen LogP contribution in [0.2, 0.25) is 0 Å². The third-order valence-corrected chi connectivity index (χ3v) is 4.60. The van der Waals surface area contributed by atoms with E-state index in [1.54, 1.807) is 0 Å². The van der Waals surface area contributed by atoms with Crippen LogP contribution in [0.25, 0.3) is 11.1 Å². The van der Waals surface area contributed by atoms with Gasteiger partial charge >= 0.3 is 0 Å². The minimum atomic E-state index is 0.148. The van der Waals surface area contributed by atoms with Crippen molar-refractivity contribution in [3.63, 3.8) is 0 Å². The van der Waals surface area contributed by atoms with Gasteiger partial charge in [0.05, 0.1) is 0 Å². The molecule has 25 heavy (non-hydrogen) atoms. The van der Waals surface area contributed by atoms with E-state index in [0.717, 1.165) is 43.9 Å². The Kier molecular flexibility index (Phi) is 5.24. The van der Waals surface area contributed by atoms with Gasteiger partial charge in [0.25, 0.3) is 5.91 Å². The number of piperazine rings is 1. The Bertz CT molecular complexity index is 693. The van der Waals surface area contributed by atoms with Gasteiger partial charge in [-0.05, 0) is 28.7 Å². The first-order chi connectivity index (χ1) is 11.9. The van der Waals surface area contributed by atoms with Crippen molar-refractivity contribution < 1.29 is 4.79 Å². The van der Waals surface area contributed by atoms with Gasteiger partial charge in [-0.3, -0.25) is 9.69 Å². The summed E-state index contributed by atoms with van der Waals surface area (Å²) in [6.07, 6.45) is 0. The lowest BCUT2D eigenvalue weighted by Gasteiger charge is -2.37. The second kappa shape index (κ2) is 7.40. The van der Waals surface area contributed by atoms with Crippen molar-refractivity contribution in [3.05, 3.63) is 60.2 Å². The van der Waals surface area contributed by atoms with Crippen molar-refractivity contribution in [1.29, 1.82) is 0 Å². The molecule has 0 N–H and O–H groups in total. The van der Waals surface area contributed by atoms with E-state index in [4.69, 9.17) is 0 Å². The Morgan fingerprint density at radius 2 is 1.40 bits per heavy atom. The minimum Gasteiger partial charge on any atom is -0.336 e. The topological polar surface area (TPSA) is 23.6 Å². The van der Waals surface area contributed by atoms with E-state index in [-0.39, 0.29) is 5.91 Å². The molecular formula is C22H28N2O. The summed E-state index contributed by atoms with van der Waals surface area (Å²) in [4.78, 5) is 17.2. The van der Waals surface area contributed by atoms with E-state index >= 15 is 0 Å². The summed E-state index contributed by atoms with van der Waals surface area (Å²) < 4.78 is 0. The molecule has 0 aliphatic carbocycles. The van der Waals surface area contributed by atoms with Gasteiger partial charge < -0.3 is 4.90 Å². The van der Waals surface area contributed by atoms with E-state index in [0.29, 0.717) is 5.41 Å². The molecule has 1 fully saturated rings. The number of hydrogen-bond donors (Lipinski definition) is 0. The standard InChI is InChI=1S/C22H28N2O/c1-22(2,3)17-23-13-15-24(16-14-23)21(25)20-11-9-19(10-12-20)18-7-5-4-6-8-18/h4-12H,13-17H2,1-3H3. The van der Waals surface area contributed by atoms with Crippen LogP contribution in [0, 0.1) is 5.41 Å². The number of amides is 1. The van der Waals surface area contributed by atoms with Crippen molar-refractivity contribution in [2.45, 2.75) is 20.8 Å². The number of benzene rings is 2. The van der Waals surface area contributed by atoms with Crippen molar-refractivity contribution in [3.8, 4) is 11.1 Å². The van der Waals surface area contributed by atoms with Crippen molar-refractivity contribution in [1.82, 2.24) is 9.80 Å². The number of hydrogen-bond acceptors (Lipinski definition) is 2. The Hall–Kier alpha value is -2.13. The highest BCUT2D eigenvalue weighted by Gasteiger charge is 2.24. The zero-order chi connectivity index (χ0) is 17.9. The first-order valence-corrected chi connectivity index (χ1v) is 9.09. The third kappa shape index (κ3) is 4.70. The molecule has 1 amide bonds. The lowest BCUT2D eigenvalue weighted by atomic mass is 9.96. The van der Waals surface area contributed by atoms with E-state index in [1.807, 2.05) is 47.4 Å². The molecule has 0 aromatic heterocycles. The summed E-state index contributed by atoms with van der Waals surface area (Å²) in [6, 6.07) is 18.2. The predicted molar refractivity (Wildman–Crippen MR) is 104 cm³/mol. The molecule has 3 heteroatoms. The third-order valence-electron chi connectivity index (χ3n) is 4.60. The molecular weight excluding hydrogens is 308 g/mol. The van der Waals surface area contributed by atoms with Gasteiger partial charge in [0, 0.05) is 38.3 Å². The maximum absolute atomic E-state index is 12.7. The molecule has 1 aliphatic heterocycles. The van der Waals surface area contributed by atoms with Crippen LogP contribution in [0.5, 0.6) is 0 Å². The Balaban J connectivity index is 1.61. The molecule has 0 radical (unpaired) electrons. The molecule has 3 rings (SSSR count). The maximum atomic E-state index is 12.7. The summed E-state index contributed by atoms with van der Waals surface area (Å²) in [7, 11) is 0. The minimum absolute atomic E-state index is 0.148. The molecule has 0 unspecified atom stereocenters. The number of carbonyl (C=O) groups is 1. The Morgan fingerprint density at radius 1 is 0.840 bits per heavy atom. The van der Waals surface area contributed by atoms with Crippen LogP contribution in [-0.2, 0) is 0 Å². The molecule has 2 aromatic carbocycles. The van der Waals surface area contributed by atoms with Crippen molar-refractivity contribution >= 4 is 5.91 Å². The van der Waals surface area contributed by atoms with E-state index in [9.17, 15) is 4.79 Å². The Labute approximate surface area is 151 Å². The smallest absolute Gasteiger partial charge is 0.253 e. The molecule has 1 saturated heterocycles. The maximum Gasteiger partial charge on any atom is 0.253 e. The number of nitrogens with zero attached hydrogens (tertiary/aromatic N) is 2. The molecule has 3 nitrogen and oxygen atoms in total. The molecule has 1 aliphatic rings. The van der Waals surface area contributed by atoms with Crippen LogP contribution in [0.15, 0.2) is 54.6 Å². The van der Waals surface area contributed by atoms with Crippen molar-refractivity contribution in [2.24, 2.45) is 5.41 Å². The molecule has 0 atom stereocenters. The summed E-state index contributed by atoms with van der Waals surface area (Å²) in [5, 5.41) is 0. The second-order valence-electron chi connectivity index (χ2n) is 8.07. The molecule has 0 saturated carbocycles. The van der Waals surface area contributed by atoms with Gasteiger partial charge in [0.2, 0.25) is 0 Å². The highest BCUT2D eigenvalue weighted by Crippen LogP contribution is 2.21. The second-order valence-corrected chi connectivity index (χ2v) is 8.07. The highest BCUT2D eigenvalue weighted by molar-refractivity contribution is 5.94.